The van der Waals surface area contributed by atoms with Gasteiger partial charge in [-0.05, 0) is 63.8 Å². The lowest BCUT2D eigenvalue weighted by atomic mass is 10.0. The van der Waals surface area contributed by atoms with Crippen LogP contribution in [0.1, 0.15) is 55.1 Å². The van der Waals surface area contributed by atoms with E-state index in [1.807, 2.05) is 30.9 Å². The molecule has 0 N–H and O–H groups in total. The van der Waals surface area contributed by atoms with Crippen LogP contribution >= 0.6 is 11.6 Å². The van der Waals surface area contributed by atoms with Gasteiger partial charge in [0, 0.05) is 25.7 Å². The number of benzene rings is 1. The minimum atomic E-state index is -4.49. The SMILES string of the molecule is Cc1cc(C)c(N2CCCn3c2nc(C(F)(F)F)c3CN2CCCCC2C)c(Cl)c1. The number of rotatable bonds is 3. The number of hydrogen-bond donors (Lipinski definition) is 0. The number of anilines is 2. The highest BCUT2D eigenvalue weighted by Gasteiger charge is 2.41. The molecule has 164 valence electrons. The van der Waals surface area contributed by atoms with Gasteiger partial charge in [0.2, 0.25) is 5.95 Å². The second-order valence-electron chi connectivity index (χ2n) is 8.59. The van der Waals surface area contributed by atoms with Crippen LogP contribution in [-0.2, 0) is 19.3 Å². The Balaban J connectivity index is 1.80. The zero-order chi connectivity index (χ0) is 21.6. The molecule has 30 heavy (non-hydrogen) atoms. The van der Waals surface area contributed by atoms with Crippen LogP contribution in [0.4, 0.5) is 24.8 Å². The molecule has 4 rings (SSSR count). The highest BCUT2D eigenvalue weighted by atomic mass is 35.5. The molecule has 0 saturated carbocycles. The van der Waals surface area contributed by atoms with Crippen LogP contribution in [-0.4, -0.2) is 33.6 Å². The van der Waals surface area contributed by atoms with Crippen molar-refractivity contribution in [2.45, 2.75) is 71.8 Å². The molecule has 4 nitrogen and oxygen atoms in total. The van der Waals surface area contributed by atoms with E-state index in [-0.39, 0.29) is 18.3 Å². The summed E-state index contributed by atoms with van der Waals surface area (Å²) in [5.74, 6) is 0.349. The molecule has 1 fully saturated rings. The van der Waals surface area contributed by atoms with Crippen molar-refractivity contribution >= 4 is 23.2 Å². The number of imidazole rings is 1. The van der Waals surface area contributed by atoms with Crippen molar-refractivity contribution in [3.8, 4) is 0 Å². The van der Waals surface area contributed by atoms with Gasteiger partial charge in [-0.1, -0.05) is 24.1 Å². The molecule has 3 heterocycles. The monoisotopic (exact) mass is 440 g/mol. The van der Waals surface area contributed by atoms with Crippen molar-refractivity contribution in [2.24, 2.45) is 0 Å². The van der Waals surface area contributed by atoms with Gasteiger partial charge in [0.15, 0.2) is 5.69 Å². The topological polar surface area (TPSA) is 24.3 Å². The Labute approximate surface area is 180 Å². The first-order valence-corrected chi connectivity index (χ1v) is 11.0. The van der Waals surface area contributed by atoms with Gasteiger partial charge in [-0.2, -0.15) is 13.2 Å². The van der Waals surface area contributed by atoms with Crippen molar-refractivity contribution in [1.29, 1.82) is 0 Å². The smallest absolute Gasteiger partial charge is 0.312 e. The van der Waals surface area contributed by atoms with Gasteiger partial charge in [-0.15, -0.1) is 0 Å². The average Bonchev–Trinajstić information content (AvgIpc) is 3.03. The first kappa shape index (κ1) is 21.5. The second kappa shape index (κ2) is 8.08. The Hall–Kier alpha value is -1.73. The van der Waals surface area contributed by atoms with Crippen molar-refractivity contribution < 1.29 is 13.2 Å². The normalized spacial score (nSPS) is 20.5. The summed E-state index contributed by atoms with van der Waals surface area (Å²) >= 11 is 6.54. The fourth-order valence-electron chi connectivity index (χ4n) is 4.84. The molecule has 1 atom stereocenters. The number of piperidine rings is 1. The molecule has 0 bridgehead atoms. The van der Waals surface area contributed by atoms with E-state index in [9.17, 15) is 13.2 Å². The van der Waals surface area contributed by atoms with Crippen molar-refractivity contribution in [3.63, 3.8) is 0 Å². The van der Waals surface area contributed by atoms with Crippen molar-refractivity contribution in [2.75, 3.05) is 18.0 Å². The van der Waals surface area contributed by atoms with Crippen LogP contribution in [0.2, 0.25) is 5.02 Å². The lowest BCUT2D eigenvalue weighted by Crippen LogP contribution is -2.38. The standard InChI is InChI=1S/C22H28ClF3N4/c1-14-11-15(2)19(17(23)12-14)30-10-6-9-29-18(13-28-8-5-4-7-16(28)3)20(22(24,25)26)27-21(29)30/h11-12,16H,4-10,13H2,1-3H3. The largest absolute Gasteiger partial charge is 0.435 e. The van der Waals surface area contributed by atoms with Gasteiger partial charge in [-0.3, -0.25) is 4.90 Å². The fraction of sp³-hybridized carbons (Fsp3) is 0.591. The van der Waals surface area contributed by atoms with Gasteiger partial charge >= 0.3 is 6.18 Å². The summed E-state index contributed by atoms with van der Waals surface area (Å²) < 4.78 is 43.7. The summed E-state index contributed by atoms with van der Waals surface area (Å²) in [5, 5.41) is 0.545. The van der Waals surface area contributed by atoms with E-state index in [1.165, 1.54) is 0 Å². The lowest BCUT2D eigenvalue weighted by molar-refractivity contribution is -0.142. The van der Waals surface area contributed by atoms with E-state index in [1.54, 1.807) is 4.57 Å². The maximum Gasteiger partial charge on any atom is 0.435 e. The third-order valence-electron chi connectivity index (χ3n) is 6.29. The predicted molar refractivity (Wildman–Crippen MR) is 114 cm³/mol. The molecule has 2 aliphatic rings. The predicted octanol–water partition coefficient (Wildman–Crippen LogP) is 6.09. The molecular weight excluding hydrogens is 413 g/mol. The number of nitrogens with zero attached hydrogens (tertiary/aromatic N) is 4. The van der Waals surface area contributed by atoms with Crippen molar-refractivity contribution in [1.82, 2.24) is 14.5 Å². The minimum absolute atomic E-state index is 0.275. The molecule has 0 spiro atoms. The number of halogens is 4. The molecule has 2 aliphatic heterocycles. The number of likely N-dealkylation sites (tertiary alicyclic amines) is 1. The van der Waals surface area contributed by atoms with Crippen molar-refractivity contribution in [3.05, 3.63) is 39.7 Å². The van der Waals surface area contributed by atoms with E-state index in [0.29, 0.717) is 24.1 Å². The molecule has 0 radical (unpaired) electrons. The maximum absolute atomic E-state index is 14.0. The summed E-state index contributed by atoms with van der Waals surface area (Å²) in [5.41, 5.74) is 2.23. The summed E-state index contributed by atoms with van der Waals surface area (Å²) in [7, 11) is 0. The molecule has 8 heteroatoms. The number of aryl methyl sites for hydroxylation is 2. The number of fused-ring (bicyclic) bond motifs is 1. The van der Waals surface area contributed by atoms with Gasteiger partial charge in [-0.25, -0.2) is 4.98 Å². The summed E-state index contributed by atoms with van der Waals surface area (Å²) in [6.45, 7) is 8.23. The molecule has 1 aromatic carbocycles. The lowest BCUT2D eigenvalue weighted by Gasteiger charge is -2.35. The summed E-state index contributed by atoms with van der Waals surface area (Å²) in [6.07, 6.45) is -0.569. The van der Waals surface area contributed by atoms with Crippen LogP contribution in [0.5, 0.6) is 0 Å². The first-order valence-electron chi connectivity index (χ1n) is 10.6. The zero-order valence-electron chi connectivity index (χ0n) is 17.7. The second-order valence-corrected chi connectivity index (χ2v) is 9.00. The van der Waals surface area contributed by atoms with Crippen LogP contribution in [0, 0.1) is 13.8 Å². The molecule has 0 amide bonds. The Morgan fingerprint density at radius 3 is 2.53 bits per heavy atom. The van der Waals surface area contributed by atoms with E-state index in [0.717, 1.165) is 49.0 Å². The van der Waals surface area contributed by atoms with Gasteiger partial charge < -0.3 is 9.47 Å². The van der Waals surface area contributed by atoms with Crippen LogP contribution < -0.4 is 4.90 Å². The Morgan fingerprint density at radius 1 is 1.10 bits per heavy atom. The quantitative estimate of drug-likeness (QED) is 0.577. The minimum Gasteiger partial charge on any atom is -0.312 e. The molecule has 2 aromatic rings. The van der Waals surface area contributed by atoms with Crippen LogP contribution in [0.3, 0.4) is 0 Å². The first-order chi connectivity index (χ1) is 14.2. The molecular formula is C22H28ClF3N4. The highest BCUT2D eigenvalue weighted by Crippen LogP contribution is 2.41. The van der Waals surface area contributed by atoms with Gasteiger partial charge in [0.1, 0.15) is 0 Å². The summed E-state index contributed by atoms with van der Waals surface area (Å²) in [6, 6.07) is 4.14. The van der Waals surface area contributed by atoms with E-state index in [2.05, 4.69) is 16.8 Å². The van der Waals surface area contributed by atoms with Gasteiger partial charge in [0.05, 0.1) is 16.4 Å². The maximum atomic E-state index is 14.0. The number of alkyl halides is 3. The van der Waals surface area contributed by atoms with E-state index >= 15 is 0 Å². The van der Waals surface area contributed by atoms with E-state index in [4.69, 9.17) is 11.6 Å². The molecule has 0 aliphatic carbocycles. The highest BCUT2D eigenvalue weighted by molar-refractivity contribution is 6.33. The van der Waals surface area contributed by atoms with Crippen LogP contribution in [0.25, 0.3) is 0 Å². The van der Waals surface area contributed by atoms with Gasteiger partial charge in [0.25, 0.3) is 0 Å². The zero-order valence-corrected chi connectivity index (χ0v) is 18.4. The average molecular weight is 441 g/mol. The summed E-state index contributed by atoms with van der Waals surface area (Å²) in [4.78, 5) is 8.17. The fourth-order valence-corrected chi connectivity index (χ4v) is 5.26. The third kappa shape index (κ3) is 3.94. The third-order valence-corrected chi connectivity index (χ3v) is 6.58. The Bertz CT molecular complexity index is 914. The molecule has 1 saturated heterocycles. The number of hydrogen-bond acceptors (Lipinski definition) is 3. The Kier molecular flexibility index (Phi) is 5.79. The molecule has 1 unspecified atom stereocenters. The molecule has 1 aromatic heterocycles. The number of aromatic nitrogens is 2. The van der Waals surface area contributed by atoms with E-state index < -0.39 is 11.9 Å². The Morgan fingerprint density at radius 2 is 1.87 bits per heavy atom. The van der Waals surface area contributed by atoms with Crippen LogP contribution in [0.15, 0.2) is 12.1 Å².